The van der Waals surface area contributed by atoms with Crippen LogP contribution in [0.2, 0.25) is 0 Å². The molecule has 24 heavy (non-hydrogen) atoms. The lowest BCUT2D eigenvalue weighted by molar-refractivity contribution is -0.137. The maximum atomic E-state index is 12.5. The van der Waals surface area contributed by atoms with Crippen LogP contribution < -0.4 is 11.0 Å². The van der Waals surface area contributed by atoms with Gasteiger partial charge in [-0.05, 0) is 31.0 Å². The van der Waals surface area contributed by atoms with Gasteiger partial charge in [0, 0.05) is 24.7 Å². The Morgan fingerprint density at radius 2 is 2.00 bits per heavy atom. The van der Waals surface area contributed by atoms with Gasteiger partial charge in [-0.2, -0.15) is 0 Å². The van der Waals surface area contributed by atoms with Crippen molar-refractivity contribution in [2.24, 2.45) is 11.8 Å². The summed E-state index contributed by atoms with van der Waals surface area (Å²) in [7, 11) is 0. The molecule has 3 N–H and O–H groups in total. The van der Waals surface area contributed by atoms with E-state index in [2.05, 4.69) is 15.3 Å². The zero-order valence-electron chi connectivity index (χ0n) is 13.9. The summed E-state index contributed by atoms with van der Waals surface area (Å²) < 4.78 is 0. The molecule has 0 radical (unpaired) electrons. The van der Waals surface area contributed by atoms with Crippen LogP contribution in [0.15, 0.2) is 23.0 Å². The van der Waals surface area contributed by atoms with Crippen molar-refractivity contribution >= 4 is 28.5 Å². The predicted octanol–water partition coefficient (Wildman–Crippen LogP) is 1.69. The fourth-order valence-electron chi connectivity index (χ4n) is 3.11. The van der Waals surface area contributed by atoms with Gasteiger partial charge in [0.05, 0.1) is 17.0 Å². The second-order valence-corrected chi connectivity index (χ2v) is 6.61. The number of anilines is 1. The highest BCUT2D eigenvalue weighted by Crippen LogP contribution is 2.21. The number of carbonyl (C=O) groups is 2. The first kappa shape index (κ1) is 16.3. The van der Waals surface area contributed by atoms with Gasteiger partial charge >= 0.3 is 5.69 Å². The van der Waals surface area contributed by atoms with Gasteiger partial charge in [0.1, 0.15) is 0 Å². The summed E-state index contributed by atoms with van der Waals surface area (Å²) in [6.07, 6.45) is 1.61. The van der Waals surface area contributed by atoms with E-state index in [1.807, 2.05) is 13.8 Å². The highest BCUT2D eigenvalue weighted by Gasteiger charge is 2.29. The molecule has 2 aromatic rings. The Morgan fingerprint density at radius 1 is 1.25 bits per heavy atom. The van der Waals surface area contributed by atoms with Crippen LogP contribution >= 0.6 is 0 Å². The standard InChI is InChI=1S/C17H22N4O3/c1-10(2)16(23)21-7-3-4-11(9-21)15(22)18-12-5-6-13-14(8-12)20-17(24)19-13/h5-6,8,10-11H,3-4,7,9H2,1-2H3,(H,18,22)(H2,19,20,24)/t11-/m0/s1. The Labute approximate surface area is 139 Å². The normalized spacial score (nSPS) is 18.1. The molecule has 0 unspecified atom stereocenters. The van der Waals surface area contributed by atoms with E-state index in [9.17, 15) is 14.4 Å². The average molecular weight is 330 g/mol. The van der Waals surface area contributed by atoms with E-state index in [1.54, 1.807) is 23.1 Å². The van der Waals surface area contributed by atoms with Crippen LogP contribution in [-0.4, -0.2) is 39.8 Å². The summed E-state index contributed by atoms with van der Waals surface area (Å²) in [6.45, 7) is 4.93. The van der Waals surface area contributed by atoms with E-state index in [0.29, 0.717) is 23.3 Å². The highest BCUT2D eigenvalue weighted by molar-refractivity contribution is 5.95. The van der Waals surface area contributed by atoms with Crippen molar-refractivity contribution in [3.8, 4) is 0 Å². The van der Waals surface area contributed by atoms with Crippen molar-refractivity contribution < 1.29 is 9.59 Å². The van der Waals surface area contributed by atoms with Crippen LogP contribution in [-0.2, 0) is 9.59 Å². The van der Waals surface area contributed by atoms with Crippen LogP contribution in [0.5, 0.6) is 0 Å². The Balaban J connectivity index is 1.68. The van der Waals surface area contributed by atoms with E-state index in [-0.39, 0.29) is 29.3 Å². The molecule has 1 fully saturated rings. The summed E-state index contributed by atoms with van der Waals surface area (Å²) in [4.78, 5) is 43.1. The minimum Gasteiger partial charge on any atom is -0.342 e. The van der Waals surface area contributed by atoms with Crippen molar-refractivity contribution in [2.75, 3.05) is 18.4 Å². The third-order valence-corrected chi connectivity index (χ3v) is 4.38. The molecular formula is C17H22N4O3. The predicted molar refractivity (Wildman–Crippen MR) is 91.7 cm³/mol. The van der Waals surface area contributed by atoms with E-state index in [1.165, 1.54) is 0 Å². The SMILES string of the molecule is CC(C)C(=O)N1CCC[C@H](C(=O)Nc2ccc3[nH]c(=O)[nH]c3c2)C1. The van der Waals surface area contributed by atoms with E-state index >= 15 is 0 Å². The summed E-state index contributed by atoms with van der Waals surface area (Å²) >= 11 is 0. The fraction of sp³-hybridized carbons (Fsp3) is 0.471. The molecule has 2 amide bonds. The number of aromatic nitrogens is 2. The van der Waals surface area contributed by atoms with Gasteiger partial charge < -0.3 is 20.2 Å². The molecule has 7 heteroatoms. The number of hydrogen-bond acceptors (Lipinski definition) is 3. The first-order chi connectivity index (χ1) is 11.4. The number of aromatic amines is 2. The summed E-state index contributed by atoms with van der Waals surface area (Å²) in [5.74, 6) is -0.255. The number of H-pyrrole nitrogens is 2. The van der Waals surface area contributed by atoms with E-state index in [0.717, 1.165) is 19.4 Å². The van der Waals surface area contributed by atoms with Crippen molar-refractivity contribution in [2.45, 2.75) is 26.7 Å². The minimum atomic E-state index is -0.274. The molecular weight excluding hydrogens is 308 g/mol. The molecule has 1 aliphatic heterocycles. The van der Waals surface area contributed by atoms with Crippen molar-refractivity contribution in [1.82, 2.24) is 14.9 Å². The Bertz CT molecular complexity index is 821. The van der Waals surface area contributed by atoms with Crippen LogP contribution in [0.25, 0.3) is 11.0 Å². The second kappa shape index (κ2) is 6.51. The van der Waals surface area contributed by atoms with Gasteiger partial charge in [0.25, 0.3) is 0 Å². The molecule has 1 saturated heterocycles. The lowest BCUT2D eigenvalue weighted by Gasteiger charge is -2.33. The number of hydrogen-bond donors (Lipinski definition) is 3. The number of likely N-dealkylation sites (tertiary alicyclic amines) is 1. The van der Waals surface area contributed by atoms with Crippen LogP contribution in [0.3, 0.4) is 0 Å². The van der Waals surface area contributed by atoms with Crippen LogP contribution in [0, 0.1) is 11.8 Å². The van der Waals surface area contributed by atoms with Crippen molar-refractivity contribution in [3.05, 3.63) is 28.7 Å². The number of nitrogens with zero attached hydrogens (tertiary/aromatic N) is 1. The summed E-state index contributed by atoms with van der Waals surface area (Å²) in [6, 6.07) is 5.23. The lowest BCUT2D eigenvalue weighted by Crippen LogP contribution is -2.45. The highest BCUT2D eigenvalue weighted by atomic mass is 16.2. The number of carbonyl (C=O) groups excluding carboxylic acids is 2. The third-order valence-electron chi connectivity index (χ3n) is 4.38. The first-order valence-corrected chi connectivity index (χ1v) is 8.26. The lowest BCUT2D eigenvalue weighted by atomic mass is 9.96. The van der Waals surface area contributed by atoms with E-state index < -0.39 is 0 Å². The Morgan fingerprint density at radius 3 is 2.75 bits per heavy atom. The maximum Gasteiger partial charge on any atom is 0.323 e. The molecule has 2 heterocycles. The summed E-state index contributed by atoms with van der Waals surface area (Å²) in [5, 5.41) is 2.89. The quantitative estimate of drug-likeness (QED) is 0.798. The molecule has 0 saturated carbocycles. The molecule has 3 rings (SSSR count). The van der Waals surface area contributed by atoms with Gasteiger partial charge in [-0.3, -0.25) is 9.59 Å². The molecule has 1 aliphatic rings. The number of amides is 2. The number of fused-ring (bicyclic) bond motifs is 1. The first-order valence-electron chi connectivity index (χ1n) is 8.26. The van der Waals surface area contributed by atoms with Gasteiger partial charge in [-0.15, -0.1) is 0 Å². The van der Waals surface area contributed by atoms with Gasteiger partial charge in [-0.25, -0.2) is 4.79 Å². The molecule has 1 atom stereocenters. The smallest absolute Gasteiger partial charge is 0.323 e. The molecule has 0 bridgehead atoms. The van der Waals surface area contributed by atoms with Gasteiger partial charge in [0.15, 0.2) is 0 Å². The summed E-state index contributed by atoms with van der Waals surface area (Å²) in [5.41, 5.74) is 1.71. The number of piperidine rings is 1. The number of rotatable bonds is 3. The topological polar surface area (TPSA) is 98.1 Å². The minimum absolute atomic E-state index is 0.0559. The van der Waals surface area contributed by atoms with Crippen LogP contribution in [0.4, 0.5) is 5.69 Å². The average Bonchev–Trinajstić information content (AvgIpc) is 2.93. The Kier molecular flexibility index (Phi) is 4.42. The number of nitrogens with one attached hydrogen (secondary N) is 3. The van der Waals surface area contributed by atoms with Crippen molar-refractivity contribution in [1.29, 1.82) is 0 Å². The number of benzene rings is 1. The largest absolute Gasteiger partial charge is 0.342 e. The monoisotopic (exact) mass is 330 g/mol. The molecule has 1 aromatic heterocycles. The molecule has 1 aromatic carbocycles. The fourth-order valence-corrected chi connectivity index (χ4v) is 3.11. The van der Waals surface area contributed by atoms with Gasteiger partial charge in [0.2, 0.25) is 11.8 Å². The maximum absolute atomic E-state index is 12.5. The second-order valence-electron chi connectivity index (χ2n) is 6.61. The van der Waals surface area contributed by atoms with Crippen LogP contribution in [0.1, 0.15) is 26.7 Å². The van der Waals surface area contributed by atoms with E-state index in [4.69, 9.17) is 0 Å². The molecule has 7 nitrogen and oxygen atoms in total. The molecule has 0 spiro atoms. The zero-order chi connectivity index (χ0) is 17.3. The molecule has 0 aliphatic carbocycles. The molecule has 128 valence electrons. The Hall–Kier alpha value is -2.57. The third kappa shape index (κ3) is 3.34. The number of imidazole rings is 1. The van der Waals surface area contributed by atoms with Crippen molar-refractivity contribution in [3.63, 3.8) is 0 Å². The zero-order valence-corrected chi connectivity index (χ0v) is 13.9. The van der Waals surface area contributed by atoms with Gasteiger partial charge in [-0.1, -0.05) is 13.8 Å².